The molecule has 1 amide bonds. The number of aromatic amines is 1. The second kappa shape index (κ2) is 9.97. The number of rotatable bonds is 9. The molecule has 4 N–H and O–H groups in total. The van der Waals surface area contributed by atoms with Gasteiger partial charge in [-0.2, -0.15) is 9.78 Å². The van der Waals surface area contributed by atoms with Crippen LogP contribution < -0.4 is 11.1 Å². The maximum absolute atomic E-state index is 13.2. The van der Waals surface area contributed by atoms with E-state index in [2.05, 4.69) is 22.3 Å². The van der Waals surface area contributed by atoms with Gasteiger partial charge in [-0.15, -0.1) is 0 Å². The summed E-state index contributed by atoms with van der Waals surface area (Å²) in [6, 6.07) is 15.6. The van der Waals surface area contributed by atoms with E-state index in [9.17, 15) is 4.79 Å². The van der Waals surface area contributed by atoms with Gasteiger partial charge >= 0.3 is 0 Å². The van der Waals surface area contributed by atoms with Crippen LogP contribution in [0.1, 0.15) is 54.9 Å². The van der Waals surface area contributed by atoms with Crippen molar-refractivity contribution in [2.45, 2.75) is 39.0 Å². The number of aromatic nitrogens is 4. The van der Waals surface area contributed by atoms with Crippen molar-refractivity contribution < 1.29 is 4.79 Å². The highest BCUT2D eigenvalue weighted by atomic mass is 16.1. The van der Waals surface area contributed by atoms with Crippen molar-refractivity contribution in [2.75, 3.05) is 12.3 Å². The van der Waals surface area contributed by atoms with Crippen molar-refractivity contribution in [1.82, 2.24) is 24.9 Å². The van der Waals surface area contributed by atoms with Crippen molar-refractivity contribution in [2.24, 2.45) is 5.10 Å². The van der Waals surface area contributed by atoms with Crippen LogP contribution in [0.4, 0.5) is 5.82 Å². The molecule has 178 valence electrons. The summed E-state index contributed by atoms with van der Waals surface area (Å²) in [5.41, 5.74) is 11.0. The summed E-state index contributed by atoms with van der Waals surface area (Å²) >= 11 is 0. The topological polar surface area (TPSA) is 114 Å². The van der Waals surface area contributed by atoms with Gasteiger partial charge in [-0.1, -0.05) is 62.9 Å². The standard InChI is InChI=1S/C27H29N7O/c1-2-3-4-5-10-15-29-27(35)23-24-26(33-22-14-9-8-13-21(22)32-24)34(25(23)28)31-17-18-16-30-20-12-7-6-11-19(18)20/h6-9,11-14,16-17,30H,2-5,10,15,28H2,1H3,(H,29,35)/b31-17-. The van der Waals surface area contributed by atoms with E-state index in [0.29, 0.717) is 34.3 Å². The summed E-state index contributed by atoms with van der Waals surface area (Å²) in [5.74, 6) is -0.0384. The van der Waals surface area contributed by atoms with Gasteiger partial charge in [-0.25, -0.2) is 9.97 Å². The quantitative estimate of drug-likeness (QED) is 0.203. The molecule has 3 heterocycles. The van der Waals surface area contributed by atoms with Crippen LogP contribution in [0.5, 0.6) is 0 Å². The first-order valence-electron chi connectivity index (χ1n) is 12.1. The molecule has 0 spiro atoms. The van der Waals surface area contributed by atoms with Crippen molar-refractivity contribution in [3.8, 4) is 0 Å². The predicted octanol–water partition coefficient (Wildman–Crippen LogP) is 5.23. The maximum Gasteiger partial charge on any atom is 0.257 e. The number of hydrogen-bond donors (Lipinski definition) is 3. The van der Waals surface area contributed by atoms with E-state index in [1.807, 2.05) is 54.7 Å². The number of benzene rings is 2. The zero-order valence-electron chi connectivity index (χ0n) is 19.8. The fraction of sp³-hybridized carbons (Fsp3) is 0.259. The van der Waals surface area contributed by atoms with E-state index in [-0.39, 0.29) is 11.7 Å². The van der Waals surface area contributed by atoms with E-state index < -0.39 is 0 Å². The van der Waals surface area contributed by atoms with Crippen LogP contribution in [-0.2, 0) is 0 Å². The molecule has 35 heavy (non-hydrogen) atoms. The van der Waals surface area contributed by atoms with Crippen LogP contribution in [0.2, 0.25) is 0 Å². The lowest BCUT2D eigenvalue weighted by molar-refractivity contribution is 0.0955. The van der Waals surface area contributed by atoms with Gasteiger partial charge < -0.3 is 16.0 Å². The van der Waals surface area contributed by atoms with Crippen molar-refractivity contribution in [3.05, 3.63) is 65.9 Å². The van der Waals surface area contributed by atoms with Gasteiger partial charge in [0, 0.05) is 29.2 Å². The zero-order valence-corrected chi connectivity index (χ0v) is 19.8. The number of amides is 1. The summed E-state index contributed by atoms with van der Waals surface area (Å²) in [6.07, 6.45) is 9.21. The van der Waals surface area contributed by atoms with Crippen molar-refractivity contribution in [3.63, 3.8) is 0 Å². The Morgan fingerprint density at radius 3 is 2.63 bits per heavy atom. The lowest BCUT2D eigenvalue weighted by atomic mass is 10.1. The number of nitrogens with zero attached hydrogens (tertiary/aromatic N) is 4. The molecule has 0 saturated carbocycles. The van der Waals surface area contributed by atoms with Crippen LogP contribution in [0.3, 0.4) is 0 Å². The van der Waals surface area contributed by atoms with Gasteiger partial charge in [0.15, 0.2) is 5.65 Å². The monoisotopic (exact) mass is 467 g/mol. The average Bonchev–Trinajstić information content (AvgIpc) is 3.41. The number of para-hydroxylation sites is 3. The summed E-state index contributed by atoms with van der Waals surface area (Å²) in [4.78, 5) is 25.9. The maximum atomic E-state index is 13.2. The van der Waals surface area contributed by atoms with E-state index in [4.69, 9.17) is 15.7 Å². The van der Waals surface area contributed by atoms with Crippen molar-refractivity contribution >= 4 is 51.0 Å². The zero-order chi connectivity index (χ0) is 24.2. The molecule has 0 fully saturated rings. The molecule has 2 aromatic carbocycles. The predicted molar refractivity (Wildman–Crippen MR) is 142 cm³/mol. The number of nitrogen functional groups attached to an aromatic ring is 1. The molecule has 0 unspecified atom stereocenters. The lowest BCUT2D eigenvalue weighted by Gasteiger charge is -2.05. The number of carbonyl (C=O) groups excluding carboxylic acids is 1. The van der Waals surface area contributed by atoms with Crippen LogP contribution in [-0.4, -0.2) is 38.3 Å². The van der Waals surface area contributed by atoms with Crippen LogP contribution >= 0.6 is 0 Å². The second-order valence-electron chi connectivity index (χ2n) is 8.66. The Labute approximate surface area is 203 Å². The minimum absolute atomic E-state index is 0.217. The van der Waals surface area contributed by atoms with Crippen molar-refractivity contribution in [1.29, 1.82) is 0 Å². The Balaban J connectivity index is 1.52. The summed E-state index contributed by atoms with van der Waals surface area (Å²) in [6.45, 7) is 2.78. The third-order valence-corrected chi connectivity index (χ3v) is 6.20. The molecule has 8 nitrogen and oxygen atoms in total. The Morgan fingerprint density at radius 1 is 1.06 bits per heavy atom. The molecular weight excluding hydrogens is 438 g/mol. The molecule has 5 rings (SSSR count). The third kappa shape index (κ3) is 4.47. The van der Waals surface area contributed by atoms with E-state index in [1.54, 1.807) is 6.21 Å². The van der Waals surface area contributed by atoms with Crippen LogP contribution in [0, 0.1) is 0 Å². The minimum Gasteiger partial charge on any atom is -0.383 e. The fourth-order valence-electron chi connectivity index (χ4n) is 4.33. The molecule has 0 aliphatic carbocycles. The molecule has 0 radical (unpaired) electrons. The first kappa shape index (κ1) is 22.6. The molecular formula is C27H29N7O. The number of nitrogens with two attached hydrogens (primary N) is 1. The fourth-order valence-corrected chi connectivity index (χ4v) is 4.33. The lowest BCUT2D eigenvalue weighted by Crippen LogP contribution is -2.25. The second-order valence-corrected chi connectivity index (χ2v) is 8.66. The van der Waals surface area contributed by atoms with E-state index in [0.717, 1.165) is 29.3 Å². The number of anilines is 1. The number of carbonyl (C=O) groups is 1. The molecule has 0 aliphatic rings. The normalized spacial score (nSPS) is 11.8. The minimum atomic E-state index is -0.256. The molecule has 0 saturated heterocycles. The van der Waals surface area contributed by atoms with Gasteiger partial charge in [-0.3, -0.25) is 4.79 Å². The highest BCUT2D eigenvalue weighted by molar-refractivity contribution is 6.11. The molecule has 5 aromatic rings. The Bertz CT molecular complexity index is 1530. The molecule has 0 bridgehead atoms. The Morgan fingerprint density at radius 2 is 1.80 bits per heavy atom. The van der Waals surface area contributed by atoms with E-state index >= 15 is 0 Å². The molecule has 0 atom stereocenters. The summed E-state index contributed by atoms with van der Waals surface area (Å²) < 4.78 is 1.51. The number of hydrogen-bond acceptors (Lipinski definition) is 5. The van der Waals surface area contributed by atoms with Gasteiger partial charge in [0.05, 0.1) is 17.2 Å². The summed E-state index contributed by atoms with van der Waals surface area (Å²) in [7, 11) is 0. The number of H-pyrrole nitrogens is 1. The van der Waals surface area contributed by atoms with E-state index in [1.165, 1.54) is 23.9 Å². The number of nitrogens with one attached hydrogen (secondary N) is 2. The van der Waals surface area contributed by atoms with Gasteiger partial charge in [0.2, 0.25) is 0 Å². The van der Waals surface area contributed by atoms with Gasteiger partial charge in [0.1, 0.15) is 16.9 Å². The third-order valence-electron chi connectivity index (χ3n) is 6.20. The first-order valence-corrected chi connectivity index (χ1v) is 12.1. The smallest absolute Gasteiger partial charge is 0.257 e. The summed E-state index contributed by atoms with van der Waals surface area (Å²) in [5, 5.41) is 8.68. The Hall–Kier alpha value is -4.20. The average molecular weight is 468 g/mol. The van der Waals surface area contributed by atoms with Crippen LogP contribution in [0.15, 0.2) is 59.8 Å². The highest BCUT2D eigenvalue weighted by Crippen LogP contribution is 2.28. The number of fused-ring (bicyclic) bond motifs is 3. The SMILES string of the molecule is CCCCCCCNC(=O)c1c(N)n(/N=C\c2c[nH]c3ccccc23)c2nc3ccccc3nc12. The van der Waals surface area contributed by atoms with Gasteiger partial charge in [-0.05, 0) is 24.6 Å². The molecule has 0 aliphatic heterocycles. The highest BCUT2D eigenvalue weighted by Gasteiger charge is 2.24. The number of unbranched alkanes of at least 4 members (excludes halogenated alkanes) is 4. The van der Waals surface area contributed by atoms with Crippen LogP contribution in [0.25, 0.3) is 33.1 Å². The van der Waals surface area contributed by atoms with Gasteiger partial charge in [0.25, 0.3) is 5.91 Å². The molecule has 8 heteroatoms. The Kier molecular flexibility index (Phi) is 6.43. The first-order chi connectivity index (χ1) is 17.2. The molecule has 3 aromatic heterocycles. The largest absolute Gasteiger partial charge is 0.383 e.